The van der Waals surface area contributed by atoms with E-state index in [1.54, 1.807) is 26.4 Å². The number of methoxy groups -OCH3 is 2. The molecule has 1 aromatic carbocycles. The highest BCUT2D eigenvalue weighted by atomic mass is 16.5. The van der Waals surface area contributed by atoms with E-state index in [0.29, 0.717) is 40.6 Å². The Bertz CT molecular complexity index is 808. The van der Waals surface area contributed by atoms with Gasteiger partial charge in [0.25, 0.3) is 0 Å². The second-order valence-corrected chi connectivity index (χ2v) is 6.27. The fourth-order valence-corrected chi connectivity index (χ4v) is 3.05. The molecule has 8 heteroatoms. The molecular formula is C17H23N5O3. The summed E-state index contributed by atoms with van der Waals surface area (Å²) in [5, 5.41) is 3.78. The van der Waals surface area contributed by atoms with E-state index in [0.717, 1.165) is 6.54 Å². The Morgan fingerprint density at radius 1 is 1.24 bits per heavy atom. The highest BCUT2D eigenvalue weighted by Gasteiger charge is 2.33. The van der Waals surface area contributed by atoms with Crippen molar-refractivity contribution in [2.45, 2.75) is 32.4 Å². The van der Waals surface area contributed by atoms with E-state index in [-0.39, 0.29) is 18.0 Å². The zero-order valence-electron chi connectivity index (χ0n) is 14.9. The number of nitrogens with zero attached hydrogens (tertiary/aromatic N) is 3. The predicted molar refractivity (Wildman–Crippen MR) is 95.9 cm³/mol. The number of likely N-dealkylation sites (tertiary alicyclic amines) is 1. The molecule has 134 valence electrons. The zero-order valence-corrected chi connectivity index (χ0v) is 14.9. The molecule has 3 rings (SSSR count). The molecule has 1 unspecified atom stereocenters. The summed E-state index contributed by atoms with van der Waals surface area (Å²) < 4.78 is 10.6. The molecule has 1 aromatic heterocycles. The first-order chi connectivity index (χ1) is 11.9. The number of carbonyl (C=O) groups excluding carboxylic acids is 1. The predicted octanol–water partition coefficient (Wildman–Crippen LogP) is 1.65. The van der Waals surface area contributed by atoms with Gasteiger partial charge in [-0.3, -0.25) is 4.79 Å². The maximum atomic E-state index is 12.4. The number of carbonyl (C=O) groups is 1. The molecule has 0 bridgehead atoms. The van der Waals surface area contributed by atoms with Crippen LogP contribution in [0.15, 0.2) is 12.1 Å². The minimum absolute atomic E-state index is 0.0598. The van der Waals surface area contributed by atoms with Crippen molar-refractivity contribution >= 4 is 28.6 Å². The summed E-state index contributed by atoms with van der Waals surface area (Å²) in [7, 11) is 3.12. The number of benzene rings is 1. The Labute approximate surface area is 146 Å². The van der Waals surface area contributed by atoms with Crippen molar-refractivity contribution in [2.75, 3.05) is 31.8 Å². The summed E-state index contributed by atoms with van der Waals surface area (Å²) in [6.45, 7) is 4.73. The minimum atomic E-state index is -0.334. The average molecular weight is 345 g/mol. The summed E-state index contributed by atoms with van der Waals surface area (Å²) in [4.78, 5) is 23.0. The molecule has 25 heavy (non-hydrogen) atoms. The van der Waals surface area contributed by atoms with E-state index < -0.39 is 0 Å². The van der Waals surface area contributed by atoms with Gasteiger partial charge in [-0.15, -0.1) is 0 Å². The lowest BCUT2D eigenvalue weighted by Crippen LogP contribution is -2.37. The zero-order chi connectivity index (χ0) is 18.1. The summed E-state index contributed by atoms with van der Waals surface area (Å²) in [5.41, 5.74) is 6.70. The normalized spacial score (nSPS) is 17.4. The number of rotatable bonds is 5. The molecule has 2 heterocycles. The molecule has 2 aromatic rings. The van der Waals surface area contributed by atoms with Gasteiger partial charge in [-0.25, -0.2) is 4.98 Å². The van der Waals surface area contributed by atoms with Crippen LogP contribution in [-0.4, -0.2) is 53.6 Å². The molecule has 1 aliphatic rings. The molecule has 0 saturated carbocycles. The fraction of sp³-hybridized carbons (Fsp3) is 0.471. The number of anilines is 2. The Morgan fingerprint density at radius 3 is 2.52 bits per heavy atom. The van der Waals surface area contributed by atoms with Crippen LogP contribution in [0.2, 0.25) is 0 Å². The number of fused-ring (bicyclic) bond motifs is 1. The van der Waals surface area contributed by atoms with Gasteiger partial charge in [0, 0.05) is 24.0 Å². The number of aromatic nitrogens is 2. The van der Waals surface area contributed by atoms with Crippen LogP contribution in [0.5, 0.6) is 11.5 Å². The molecule has 1 aliphatic heterocycles. The second kappa shape index (κ2) is 6.62. The van der Waals surface area contributed by atoms with Gasteiger partial charge in [-0.1, -0.05) is 0 Å². The lowest BCUT2D eigenvalue weighted by Gasteiger charge is -2.21. The second-order valence-electron chi connectivity index (χ2n) is 6.27. The van der Waals surface area contributed by atoms with Gasteiger partial charge in [0.15, 0.2) is 11.5 Å². The Morgan fingerprint density at radius 2 is 1.92 bits per heavy atom. The number of nitrogen functional groups attached to an aromatic ring is 1. The number of ether oxygens (including phenoxy) is 2. The standard InChI is InChI=1S/C17H23N5O3/c1-9(2)22-6-5-11(16(22)23)19-17-20-12-8-14(25-4)13(24-3)7-10(12)15(18)21-17/h7-9,11H,5-6H2,1-4H3,(H3,18,19,20,21). The Balaban J connectivity index is 1.92. The molecule has 3 N–H and O–H groups in total. The topological polar surface area (TPSA) is 103 Å². The smallest absolute Gasteiger partial charge is 0.245 e. The summed E-state index contributed by atoms with van der Waals surface area (Å²) >= 11 is 0. The van der Waals surface area contributed by atoms with Crippen LogP contribution in [0.3, 0.4) is 0 Å². The van der Waals surface area contributed by atoms with Crippen molar-refractivity contribution < 1.29 is 14.3 Å². The van der Waals surface area contributed by atoms with Crippen LogP contribution >= 0.6 is 0 Å². The van der Waals surface area contributed by atoms with Crippen LogP contribution in [-0.2, 0) is 4.79 Å². The van der Waals surface area contributed by atoms with E-state index in [4.69, 9.17) is 15.2 Å². The first-order valence-corrected chi connectivity index (χ1v) is 8.21. The summed E-state index contributed by atoms with van der Waals surface area (Å²) in [5.74, 6) is 1.83. The largest absolute Gasteiger partial charge is 0.493 e. The van der Waals surface area contributed by atoms with Gasteiger partial charge < -0.3 is 25.4 Å². The Hall–Kier alpha value is -2.77. The lowest BCUT2D eigenvalue weighted by atomic mass is 10.2. The quantitative estimate of drug-likeness (QED) is 0.849. The van der Waals surface area contributed by atoms with Crippen molar-refractivity contribution in [2.24, 2.45) is 0 Å². The van der Waals surface area contributed by atoms with E-state index >= 15 is 0 Å². The third kappa shape index (κ3) is 3.11. The number of nitrogens with one attached hydrogen (secondary N) is 1. The van der Waals surface area contributed by atoms with E-state index in [1.807, 2.05) is 18.7 Å². The first-order valence-electron chi connectivity index (χ1n) is 8.21. The molecule has 0 spiro atoms. The maximum absolute atomic E-state index is 12.4. The van der Waals surface area contributed by atoms with Gasteiger partial charge in [0.2, 0.25) is 11.9 Å². The third-order valence-electron chi connectivity index (χ3n) is 4.40. The average Bonchev–Trinajstić information content (AvgIpc) is 2.94. The van der Waals surface area contributed by atoms with Crippen molar-refractivity contribution in [3.63, 3.8) is 0 Å². The molecule has 8 nitrogen and oxygen atoms in total. The van der Waals surface area contributed by atoms with Gasteiger partial charge in [-0.2, -0.15) is 4.98 Å². The highest BCUT2D eigenvalue weighted by Crippen LogP contribution is 2.33. The first kappa shape index (κ1) is 17.1. The molecular weight excluding hydrogens is 322 g/mol. The van der Waals surface area contributed by atoms with Crippen LogP contribution in [0.25, 0.3) is 10.9 Å². The van der Waals surface area contributed by atoms with Crippen LogP contribution in [0, 0.1) is 0 Å². The molecule has 0 radical (unpaired) electrons. The Kier molecular flexibility index (Phi) is 4.52. The summed E-state index contributed by atoms with van der Waals surface area (Å²) in [6, 6.07) is 3.33. The van der Waals surface area contributed by atoms with Crippen molar-refractivity contribution in [1.29, 1.82) is 0 Å². The lowest BCUT2D eigenvalue weighted by molar-refractivity contribution is -0.129. The number of amides is 1. The number of hydrogen-bond acceptors (Lipinski definition) is 7. The van der Waals surface area contributed by atoms with Crippen LogP contribution in [0.4, 0.5) is 11.8 Å². The van der Waals surface area contributed by atoms with E-state index in [2.05, 4.69) is 15.3 Å². The molecule has 1 saturated heterocycles. The van der Waals surface area contributed by atoms with Gasteiger partial charge in [0.1, 0.15) is 11.9 Å². The fourth-order valence-electron chi connectivity index (χ4n) is 3.05. The van der Waals surface area contributed by atoms with Crippen LogP contribution in [0.1, 0.15) is 20.3 Å². The van der Waals surface area contributed by atoms with Crippen molar-refractivity contribution in [1.82, 2.24) is 14.9 Å². The van der Waals surface area contributed by atoms with Gasteiger partial charge in [-0.05, 0) is 26.3 Å². The van der Waals surface area contributed by atoms with Crippen molar-refractivity contribution in [3.05, 3.63) is 12.1 Å². The SMILES string of the molecule is COc1cc2nc(NC3CCN(C(C)C)C3=O)nc(N)c2cc1OC. The van der Waals surface area contributed by atoms with Gasteiger partial charge >= 0.3 is 0 Å². The molecule has 1 atom stereocenters. The van der Waals surface area contributed by atoms with Crippen molar-refractivity contribution in [3.8, 4) is 11.5 Å². The summed E-state index contributed by atoms with van der Waals surface area (Å²) in [6.07, 6.45) is 0.713. The molecule has 1 fully saturated rings. The molecule has 1 amide bonds. The number of nitrogens with two attached hydrogens (primary N) is 1. The monoisotopic (exact) mass is 345 g/mol. The third-order valence-corrected chi connectivity index (χ3v) is 4.40. The maximum Gasteiger partial charge on any atom is 0.245 e. The number of hydrogen-bond donors (Lipinski definition) is 2. The minimum Gasteiger partial charge on any atom is -0.493 e. The van der Waals surface area contributed by atoms with Gasteiger partial charge in [0.05, 0.1) is 19.7 Å². The molecule has 0 aliphatic carbocycles. The highest BCUT2D eigenvalue weighted by molar-refractivity contribution is 5.92. The van der Waals surface area contributed by atoms with Crippen LogP contribution < -0.4 is 20.5 Å². The van der Waals surface area contributed by atoms with E-state index in [1.165, 1.54) is 0 Å². The van der Waals surface area contributed by atoms with E-state index in [9.17, 15) is 4.79 Å².